The first-order chi connectivity index (χ1) is 16.1. The summed E-state index contributed by atoms with van der Waals surface area (Å²) in [5.41, 5.74) is 3.65. The molecule has 33 heavy (non-hydrogen) atoms. The van der Waals surface area contributed by atoms with Crippen molar-refractivity contribution in [2.75, 3.05) is 19.0 Å². The number of H-pyrrole nitrogens is 1. The van der Waals surface area contributed by atoms with Crippen molar-refractivity contribution < 1.29 is 19.1 Å². The van der Waals surface area contributed by atoms with Gasteiger partial charge in [0, 0.05) is 23.5 Å². The number of benzene rings is 2. The highest BCUT2D eigenvalue weighted by molar-refractivity contribution is 6.08. The molecule has 0 fully saturated rings. The normalized spacial score (nSPS) is 11.0. The molecule has 2 aromatic heterocycles. The van der Waals surface area contributed by atoms with Crippen LogP contribution in [0.3, 0.4) is 0 Å². The molecule has 0 aliphatic heterocycles. The van der Waals surface area contributed by atoms with Crippen LogP contribution in [0.5, 0.6) is 5.75 Å². The molecule has 0 unspecified atom stereocenters. The van der Waals surface area contributed by atoms with Crippen molar-refractivity contribution in [2.24, 2.45) is 0 Å². The number of nitrogens with one attached hydrogen (secondary N) is 2. The van der Waals surface area contributed by atoms with E-state index < -0.39 is 5.97 Å². The average Bonchev–Trinajstić information content (AvgIpc) is 3.28. The van der Waals surface area contributed by atoms with Crippen LogP contribution in [0.1, 0.15) is 22.8 Å². The summed E-state index contributed by atoms with van der Waals surface area (Å²) in [5, 5.41) is 3.42. The molecule has 0 atom stereocenters. The zero-order valence-corrected chi connectivity index (χ0v) is 18.2. The summed E-state index contributed by atoms with van der Waals surface area (Å²) < 4.78 is 10.3. The lowest BCUT2D eigenvalue weighted by atomic mass is 10.1. The predicted octanol–water partition coefficient (Wildman–Crippen LogP) is 4.46. The number of carbonyl (C=O) groups is 2. The Morgan fingerprint density at radius 3 is 2.70 bits per heavy atom. The first-order valence-corrected chi connectivity index (χ1v) is 10.3. The summed E-state index contributed by atoms with van der Waals surface area (Å²) >= 11 is 0. The van der Waals surface area contributed by atoms with Gasteiger partial charge in [0.15, 0.2) is 0 Å². The van der Waals surface area contributed by atoms with Crippen molar-refractivity contribution in [3.8, 4) is 17.0 Å². The first kappa shape index (κ1) is 21.8. The van der Waals surface area contributed by atoms with Crippen LogP contribution < -0.4 is 10.1 Å². The van der Waals surface area contributed by atoms with E-state index >= 15 is 0 Å². The molecule has 2 aromatic carbocycles. The maximum absolute atomic E-state index is 12.4. The minimum absolute atomic E-state index is 0.264. The van der Waals surface area contributed by atoms with E-state index in [0.29, 0.717) is 28.0 Å². The third-order valence-corrected chi connectivity index (χ3v) is 4.91. The predicted molar refractivity (Wildman–Crippen MR) is 126 cm³/mol. The second-order valence-electron chi connectivity index (χ2n) is 7.05. The fourth-order valence-corrected chi connectivity index (χ4v) is 3.37. The number of ether oxygens (including phenoxy) is 2. The number of fused-ring (bicyclic) bond motifs is 1. The number of carbonyl (C=O) groups excluding carboxylic acids is 2. The fraction of sp³-hybridized carbons (Fsp3) is 0.120. The molecule has 2 N–H and O–H groups in total. The van der Waals surface area contributed by atoms with Crippen molar-refractivity contribution in [2.45, 2.75) is 6.92 Å². The van der Waals surface area contributed by atoms with Crippen molar-refractivity contribution >= 4 is 34.7 Å². The lowest BCUT2D eigenvalue weighted by Gasteiger charge is -2.08. The van der Waals surface area contributed by atoms with Gasteiger partial charge in [-0.3, -0.25) is 4.79 Å². The minimum atomic E-state index is -0.451. The zero-order chi connectivity index (χ0) is 23.2. The van der Waals surface area contributed by atoms with Gasteiger partial charge < -0.3 is 19.8 Å². The molecule has 8 nitrogen and oxygen atoms in total. The molecule has 1 amide bonds. The third-order valence-electron chi connectivity index (χ3n) is 4.91. The van der Waals surface area contributed by atoms with Gasteiger partial charge in [-0.1, -0.05) is 24.3 Å². The highest BCUT2D eigenvalue weighted by Gasteiger charge is 2.19. The quantitative estimate of drug-likeness (QED) is 0.323. The van der Waals surface area contributed by atoms with E-state index in [4.69, 9.17) is 9.47 Å². The number of amides is 1. The summed E-state index contributed by atoms with van der Waals surface area (Å²) in [6.07, 6.45) is 6.17. The Morgan fingerprint density at radius 1 is 1.12 bits per heavy atom. The fourth-order valence-electron chi connectivity index (χ4n) is 3.37. The molecule has 0 saturated heterocycles. The highest BCUT2D eigenvalue weighted by atomic mass is 16.5. The van der Waals surface area contributed by atoms with Crippen LogP contribution in [0.25, 0.3) is 28.4 Å². The number of esters is 1. The summed E-state index contributed by atoms with van der Waals surface area (Å²) in [4.78, 5) is 36.4. The van der Waals surface area contributed by atoms with Crippen LogP contribution in [0.4, 0.5) is 5.69 Å². The Hall–Kier alpha value is -4.46. The third kappa shape index (κ3) is 4.90. The molecular formula is C25H22N4O4. The number of aromatic nitrogens is 3. The molecule has 4 aromatic rings. The van der Waals surface area contributed by atoms with Gasteiger partial charge in [-0.05, 0) is 42.8 Å². The Kier molecular flexibility index (Phi) is 6.45. The van der Waals surface area contributed by atoms with E-state index in [0.717, 1.165) is 16.9 Å². The first-order valence-electron chi connectivity index (χ1n) is 10.3. The summed E-state index contributed by atoms with van der Waals surface area (Å²) in [5.74, 6) is 0.0263. The second kappa shape index (κ2) is 9.78. The SMILES string of the molecule is CCOC(=O)c1c[nH]c2ncnc(-c3cccc(NC(=O)C=Cc4ccc(OC)cc4)c3)c12. The van der Waals surface area contributed by atoms with Gasteiger partial charge in [0.2, 0.25) is 5.91 Å². The zero-order valence-electron chi connectivity index (χ0n) is 18.2. The molecule has 0 aliphatic carbocycles. The largest absolute Gasteiger partial charge is 0.497 e. The van der Waals surface area contributed by atoms with Crippen molar-refractivity contribution in [3.05, 3.63) is 78.3 Å². The Labute approximate surface area is 190 Å². The maximum Gasteiger partial charge on any atom is 0.340 e. The van der Waals surface area contributed by atoms with E-state index in [-0.39, 0.29) is 12.5 Å². The summed E-state index contributed by atoms with van der Waals surface area (Å²) in [6, 6.07) is 14.6. The van der Waals surface area contributed by atoms with Gasteiger partial charge >= 0.3 is 5.97 Å². The number of aromatic amines is 1. The van der Waals surface area contributed by atoms with Crippen LogP contribution in [0.2, 0.25) is 0 Å². The van der Waals surface area contributed by atoms with Crippen LogP contribution in [0.15, 0.2) is 67.1 Å². The molecule has 4 rings (SSSR count). The summed E-state index contributed by atoms with van der Waals surface area (Å²) in [6.45, 7) is 2.01. The molecule has 0 spiro atoms. The van der Waals surface area contributed by atoms with Gasteiger partial charge in [0.1, 0.15) is 17.7 Å². The van der Waals surface area contributed by atoms with E-state index in [9.17, 15) is 9.59 Å². The molecule has 0 radical (unpaired) electrons. The summed E-state index contributed by atoms with van der Waals surface area (Å²) in [7, 11) is 1.60. The van der Waals surface area contributed by atoms with Crippen LogP contribution in [-0.4, -0.2) is 40.5 Å². The van der Waals surface area contributed by atoms with Gasteiger partial charge in [0.05, 0.1) is 30.4 Å². The van der Waals surface area contributed by atoms with Crippen molar-refractivity contribution in [1.82, 2.24) is 15.0 Å². The smallest absolute Gasteiger partial charge is 0.340 e. The highest BCUT2D eigenvalue weighted by Crippen LogP contribution is 2.30. The van der Waals surface area contributed by atoms with E-state index in [1.165, 1.54) is 12.4 Å². The van der Waals surface area contributed by atoms with Crippen LogP contribution in [-0.2, 0) is 9.53 Å². The Balaban J connectivity index is 1.57. The monoisotopic (exact) mass is 442 g/mol. The standard InChI is InChI=1S/C25H22N4O4/c1-3-33-25(31)20-14-26-24-22(20)23(27-15-28-24)17-5-4-6-18(13-17)29-21(30)12-9-16-7-10-19(32-2)11-8-16/h4-15H,3H2,1-2H3,(H,29,30)(H,26,27,28). The molecular weight excluding hydrogens is 420 g/mol. The molecule has 0 bridgehead atoms. The van der Waals surface area contributed by atoms with Gasteiger partial charge in [-0.15, -0.1) is 0 Å². The number of hydrogen-bond acceptors (Lipinski definition) is 6. The second-order valence-corrected chi connectivity index (χ2v) is 7.05. The van der Waals surface area contributed by atoms with Crippen molar-refractivity contribution in [3.63, 3.8) is 0 Å². The average molecular weight is 442 g/mol. The van der Waals surface area contributed by atoms with Crippen LogP contribution >= 0.6 is 0 Å². The minimum Gasteiger partial charge on any atom is -0.497 e. The van der Waals surface area contributed by atoms with Gasteiger partial charge in [-0.2, -0.15) is 0 Å². The molecule has 8 heteroatoms. The van der Waals surface area contributed by atoms with Gasteiger partial charge in [-0.25, -0.2) is 14.8 Å². The lowest BCUT2D eigenvalue weighted by molar-refractivity contribution is -0.111. The number of hydrogen-bond donors (Lipinski definition) is 2. The molecule has 166 valence electrons. The van der Waals surface area contributed by atoms with E-state index in [1.807, 2.05) is 36.4 Å². The number of anilines is 1. The maximum atomic E-state index is 12.4. The topological polar surface area (TPSA) is 106 Å². The Bertz CT molecular complexity index is 1330. The molecule has 0 aliphatic rings. The molecule has 0 saturated carbocycles. The number of nitrogens with zero attached hydrogens (tertiary/aromatic N) is 2. The Morgan fingerprint density at radius 2 is 1.94 bits per heavy atom. The van der Waals surface area contributed by atoms with Gasteiger partial charge in [0.25, 0.3) is 0 Å². The van der Waals surface area contributed by atoms with E-state index in [1.54, 1.807) is 38.4 Å². The lowest BCUT2D eigenvalue weighted by Crippen LogP contribution is -2.07. The van der Waals surface area contributed by atoms with Crippen molar-refractivity contribution in [1.29, 1.82) is 0 Å². The number of rotatable bonds is 7. The number of methoxy groups -OCH3 is 1. The molecule has 2 heterocycles. The van der Waals surface area contributed by atoms with E-state index in [2.05, 4.69) is 20.3 Å². The van der Waals surface area contributed by atoms with Crippen LogP contribution in [0, 0.1) is 0 Å².